The van der Waals surface area contributed by atoms with Gasteiger partial charge < -0.3 is 19.8 Å². The molecule has 1 aromatic carbocycles. The third-order valence-electron chi connectivity index (χ3n) is 3.06. The molecule has 2 N–H and O–H groups in total. The van der Waals surface area contributed by atoms with Crippen molar-refractivity contribution in [3.63, 3.8) is 0 Å². The third kappa shape index (κ3) is 3.18. The first-order chi connectivity index (χ1) is 8.99. The zero-order chi connectivity index (χ0) is 14.0. The highest BCUT2D eigenvalue weighted by atomic mass is 35.5. The summed E-state index contributed by atoms with van der Waals surface area (Å²) >= 11 is 5.95. The quantitative estimate of drug-likeness (QED) is 0.856. The molecule has 19 heavy (non-hydrogen) atoms. The largest absolute Gasteiger partial charge is 0.479 e. The topological polar surface area (TPSA) is 70.0 Å². The lowest BCUT2D eigenvalue weighted by Crippen LogP contribution is -2.39. The normalized spacial score (nSPS) is 24.3. The number of hydrogen-bond acceptors (Lipinski definition) is 4. The van der Waals surface area contributed by atoms with E-state index in [-0.39, 0.29) is 19.0 Å². The fraction of sp³-hybridized carbons (Fsp3) is 0.462. The molecule has 5 nitrogen and oxygen atoms in total. The van der Waals surface area contributed by atoms with Gasteiger partial charge >= 0.3 is 0 Å². The molecule has 1 aromatic rings. The fourth-order valence-corrected chi connectivity index (χ4v) is 2.17. The summed E-state index contributed by atoms with van der Waals surface area (Å²) in [6, 6.07) is 6.90. The number of halogens is 1. The molecule has 0 spiro atoms. The van der Waals surface area contributed by atoms with E-state index in [1.54, 1.807) is 31.2 Å². The molecule has 3 atom stereocenters. The minimum absolute atomic E-state index is 0.121. The van der Waals surface area contributed by atoms with Crippen LogP contribution in [0.25, 0.3) is 0 Å². The lowest BCUT2D eigenvalue weighted by Gasteiger charge is -2.21. The molecule has 0 radical (unpaired) electrons. The summed E-state index contributed by atoms with van der Waals surface area (Å²) in [5.74, 6) is 0.154. The maximum Gasteiger partial charge on any atom is 0.263 e. The van der Waals surface area contributed by atoms with Crippen LogP contribution < -0.4 is 4.74 Å². The minimum Gasteiger partial charge on any atom is -0.479 e. The molecular weight excluding hydrogens is 270 g/mol. The van der Waals surface area contributed by atoms with Crippen molar-refractivity contribution in [3.8, 4) is 5.75 Å². The van der Waals surface area contributed by atoms with E-state index in [0.717, 1.165) is 0 Å². The van der Waals surface area contributed by atoms with Crippen molar-refractivity contribution in [2.75, 3.05) is 13.1 Å². The van der Waals surface area contributed by atoms with Gasteiger partial charge in [-0.05, 0) is 19.1 Å². The van der Waals surface area contributed by atoms with Crippen LogP contribution in [0.15, 0.2) is 24.3 Å². The minimum atomic E-state index is -0.892. The number of nitrogens with zero attached hydrogens (tertiary/aromatic N) is 1. The van der Waals surface area contributed by atoms with Gasteiger partial charge in [0.2, 0.25) is 0 Å². The molecule has 1 fully saturated rings. The molecule has 1 saturated heterocycles. The molecule has 2 rings (SSSR count). The second kappa shape index (κ2) is 5.77. The van der Waals surface area contributed by atoms with Crippen molar-refractivity contribution >= 4 is 17.5 Å². The number of aliphatic hydroxyl groups is 2. The van der Waals surface area contributed by atoms with E-state index < -0.39 is 18.3 Å². The number of benzene rings is 1. The molecule has 0 aliphatic carbocycles. The Morgan fingerprint density at radius 1 is 1.37 bits per heavy atom. The number of rotatable bonds is 3. The van der Waals surface area contributed by atoms with E-state index in [1.165, 1.54) is 4.90 Å². The maximum absolute atomic E-state index is 12.1. The van der Waals surface area contributed by atoms with Gasteiger partial charge in [0.1, 0.15) is 5.75 Å². The highest BCUT2D eigenvalue weighted by Gasteiger charge is 2.35. The lowest BCUT2D eigenvalue weighted by molar-refractivity contribution is -0.137. The Hall–Kier alpha value is -1.30. The predicted molar refractivity (Wildman–Crippen MR) is 70.1 cm³/mol. The molecule has 0 bridgehead atoms. The number of β-amino-alcohol motifs (C(OH)–C–C–N with tert-alkyl or cyclic N) is 2. The molecule has 0 saturated carbocycles. The van der Waals surface area contributed by atoms with Gasteiger partial charge in [-0.2, -0.15) is 0 Å². The first-order valence-corrected chi connectivity index (χ1v) is 6.43. The van der Waals surface area contributed by atoms with Gasteiger partial charge in [-0.15, -0.1) is 0 Å². The van der Waals surface area contributed by atoms with Gasteiger partial charge in [-0.25, -0.2) is 0 Å². The summed E-state index contributed by atoms with van der Waals surface area (Å²) in [5.41, 5.74) is 0. The van der Waals surface area contributed by atoms with Gasteiger partial charge in [-0.1, -0.05) is 23.7 Å². The highest BCUT2D eigenvalue weighted by molar-refractivity contribution is 6.32. The van der Waals surface area contributed by atoms with Crippen molar-refractivity contribution in [2.45, 2.75) is 25.2 Å². The summed E-state index contributed by atoms with van der Waals surface area (Å²) in [5, 5.41) is 19.3. The summed E-state index contributed by atoms with van der Waals surface area (Å²) < 4.78 is 5.50. The first kappa shape index (κ1) is 14.1. The molecule has 104 valence electrons. The van der Waals surface area contributed by atoms with Crippen molar-refractivity contribution in [2.24, 2.45) is 0 Å². The van der Waals surface area contributed by atoms with Crippen molar-refractivity contribution in [1.29, 1.82) is 0 Å². The average Bonchev–Trinajstić information content (AvgIpc) is 2.71. The van der Waals surface area contributed by atoms with Crippen molar-refractivity contribution < 1.29 is 19.7 Å². The Balaban J connectivity index is 1.99. The summed E-state index contributed by atoms with van der Waals surface area (Å²) in [4.78, 5) is 13.5. The monoisotopic (exact) mass is 285 g/mol. The number of para-hydroxylation sites is 1. The lowest BCUT2D eigenvalue weighted by atomic mass is 10.3. The van der Waals surface area contributed by atoms with Crippen LogP contribution in [0.2, 0.25) is 5.02 Å². The molecule has 1 aliphatic heterocycles. The second-order valence-electron chi connectivity index (χ2n) is 4.57. The van der Waals surface area contributed by atoms with Crippen LogP contribution in [0, 0.1) is 0 Å². The molecular formula is C13H16ClNO4. The number of carbonyl (C=O) groups is 1. The zero-order valence-corrected chi connectivity index (χ0v) is 11.2. The smallest absolute Gasteiger partial charge is 0.263 e. The number of likely N-dealkylation sites (tertiary alicyclic amines) is 1. The predicted octanol–water partition coefficient (Wildman–Crippen LogP) is 0.671. The van der Waals surface area contributed by atoms with E-state index in [0.29, 0.717) is 10.8 Å². The van der Waals surface area contributed by atoms with Gasteiger partial charge in [0.15, 0.2) is 6.10 Å². The van der Waals surface area contributed by atoms with E-state index in [1.807, 2.05) is 0 Å². The SMILES string of the molecule is CC(Oc1ccccc1Cl)C(=O)N1C[C@@H](O)[C@@H](O)C1. The fourth-order valence-electron chi connectivity index (χ4n) is 1.99. The first-order valence-electron chi connectivity index (χ1n) is 6.05. The Morgan fingerprint density at radius 3 is 2.53 bits per heavy atom. The van der Waals surface area contributed by atoms with E-state index >= 15 is 0 Å². The van der Waals surface area contributed by atoms with Crippen LogP contribution in [0.3, 0.4) is 0 Å². The Kier molecular flexibility index (Phi) is 4.29. The second-order valence-corrected chi connectivity index (χ2v) is 4.98. The molecule has 1 aliphatic rings. The standard InChI is InChI=1S/C13H16ClNO4/c1-8(19-12-5-3-2-4-9(12)14)13(18)15-6-10(16)11(17)7-15/h2-5,8,10-11,16-17H,6-7H2,1H3/t8?,10-,11+. The maximum atomic E-state index is 12.1. The summed E-state index contributed by atoms with van der Waals surface area (Å²) in [6.07, 6.45) is -2.51. The molecule has 6 heteroatoms. The van der Waals surface area contributed by atoms with Crippen LogP contribution in [0.4, 0.5) is 0 Å². The van der Waals surface area contributed by atoms with Gasteiger partial charge in [0, 0.05) is 13.1 Å². The Morgan fingerprint density at radius 2 is 1.95 bits per heavy atom. The van der Waals surface area contributed by atoms with Gasteiger partial charge in [0.05, 0.1) is 17.2 Å². The average molecular weight is 286 g/mol. The van der Waals surface area contributed by atoms with Crippen LogP contribution in [-0.2, 0) is 4.79 Å². The Bertz CT molecular complexity index is 458. The van der Waals surface area contributed by atoms with Crippen LogP contribution >= 0.6 is 11.6 Å². The van der Waals surface area contributed by atoms with Crippen molar-refractivity contribution in [1.82, 2.24) is 4.90 Å². The van der Waals surface area contributed by atoms with E-state index in [2.05, 4.69) is 0 Å². The van der Waals surface area contributed by atoms with E-state index in [4.69, 9.17) is 16.3 Å². The number of aliphatic hydroxyl groups excluding tert-OH is 2. The molecule has 1 heterocycles. The van der Waals surface area contributed by atoms with Crippen molar-refractivity contribution in [3.05, 3.63) is 29.3 Å². The zero-order valence-electron chi connectivity index (χ0n) is 10.5. The molecule has 1 amide bonds. The highest BCUT2D eigenvalue weighted by Crippen LogP contribution is 2.25. The number of amides is 1. The van der Waals surface area contributed by atoms with E-state index in [9.17, 15) is 15.0 Å². The summed E-state index contributed by atoms with van der Waals surface area (Å²) in [7, 11) is 0. The molecule has 0 aromatic heterocycles. The number of hydrogen-bond donors (Lipinski definition) is 2. The number of ether oxygens (including phenoxy) is 1. The Labute approximate surface area is 116 Å². The van der Waals surface area contributed by atoms with Crippen LogP contribution in [0.1, 0.15) is 6.92 Å². The number of carbonyl (C=O) groups excluding carboxylic acids is 1. The summed E-state index contributed by atoms with van der Waals surface area (Å²) in [6.45, 7) is 1.86. The van der Waals surface area contributed by atoms with Crippen LogP contribution in [0.5, 0.6) is 5.75 Å². The van der Waals surface area contributed by atoms with Gasteiger partial charge in [0.25, 0.3) is 5.91 Å². The third-order valence-corrected chi connectivity index (χ3v) is 3.37. The molecule has 1 unspecified atom stereocenters. The van der Waals surface area contributed by atoms with Gasteiger partial charge in [-0.3, -0.25) is 4.79 Å². The van der Waals surface area contributed by atoms with Crippen LogP contribution in [-0.4, -0.2) is 52.4 Å².